The van der Waals surface area contributed by atoms with Crippen LogP contribution in [0.15, 0.2) is 28.7 Å². The van der Waals surface area contributed by atoms with E-state index in [-0.39, 0.29) is 10.7 Å². The summed E-state index contributed by atoms with van der Waals surface area (Å²) in [7, 11) is 0. The first kappa shape index (κ1) is 15.9. The Morgan fingerprint density at radius 1 is 1.48 bits per heavy atom. The van der Waals surface area contributed by atoms with Crippen LogP contribution < -0.4 is 0 Å². The van der Waals surface area contributed by atoms with Gasteiger partial charge in [-0.05, 0) is 49.8 Å². The fraction of sp³-hybridized carbons (Fsp3) is 0.438. The molecule has 23 heavy (non-hydrogen) atoms. The van der Waals surface area contributed by atoms with E-state index in [2.05, 4.69) is 10.2 Å². The number of nitrogens with zero attached hydrogens (tertiary/aromatic N) is 2. The number of carbonyl (C=O) groups excluding carboxylic acids is 1. The zero-order chi connectivity index (χ0) is 16.2. The molecule has 0 saturated carbocycles. The Morgan fingerprint density at radius 3 is 2.91 bits per heavy atom. The average molecular weight is 333 g/mol. The van der Waals surface area contributed by atoms with Crippen LogP contribution in [0.2, 0.25) is 0 Å². The van der Waals surface area contributed by atoms with Crippen molar-refractivity contribution in [1.29, 1.82) is 0 Å². The van der Waals surface area contributed by atoms with E-state index in [1.54, 1.807) is 12.1 Å². The van der Waals surface area contributed by atoms with E-state index in [1.807, 2.05) is 24.0 Å². The van der Waals surface area contributed by atoms with Crippen LogP contribution in [0.4, 0.5) is 0 Å². The van der Waals surface area contributed by atoms with Gasteiger partial charge >= 0.3 is 0 Å². The largest absolute Gasteiger partial charge is 0.409 e. The molecule has 1 amide bonds. The Hall–Kier alpha value is -1.99. The van der Waals surface area contributed by atoms with Gasteiger partial charge in [-0.25, -0.2) is 5.10 Å². The average Bonchev–Trinajstić information content (AvgIpc) is 3.21. The van der Waals surface area contributed by atoms with Gasteiger partial charge < -0.3 is 14.1 Å². The van der Waals surface area contributed by atoms with Crippen molar-refractivity contribution in [2.45, 2.75) is 13.3 Å². The van der Waals surface area contributed by atoms with Gasteiger partial charge in [0.25, 0.3) is 10.7 Å². The van der Waals surface area contributed by atoms with Crippen molar-refractivity contribution in [1.82, 2.24) is 15.1 Å². The minimum Gasteiger partial charge on any atom is -0.409 e. The molecule has 1 aromatic carbocycles. The Labute approximate surface area is 139 Å². The summed E-state index contributed by atoms with van der Waals surface area (Å²) in [5.74, 6) is 0.914. The predicted octanol–water partition coefficient (Wildman–Crippen LogP) is 2.90. The van der Waals surface area contributed by atoms with Crippen LogP contribution in [0.1, 0.15) is 23.7 Å². The first-order valence-corrected chi connectivity index (χ1v) is 8.11. The number of hydrogen-bond donors (Lipinski definition) is 1. The van der Waals surface area contributed by atoms with Crippen LogP contribution in [0.25, 0.3) is 11.5 Å². The van der Waals surface area contributed by atoms with Crippen LogP contribution >= 0.6 is 12.2 Å². The molecule has 1 aliphatic rings. The Balaban J connectivity index is 1.65. The maximum atomic E-state index is 12.5. The van der Waals surface area contributed by atoms with E-state index >= 15 is 0 Å². The third-order valence-corrected chi connectivity index (χ3v) is 4.12. The number of amides is 1. The van der Waals surface area contributed by atoms with Crippen molar-refractivity contribution < 1.29 is 13.9 Å². The molecule has 122 valence electrons. The van der Waals surface area contributed by atoms with Gasteiger partial charge in [0, 0.05) is 36.7 Å². The molecule has 2 aromatic rings. The number of aromatic amines is 1. The van der Waals surface area contributed by atoms with Gasteiger partial charge in [0.1, 0.15) is 0 Å². The molecule has 3 rings (SSSR count). The number of rotatable bonds is 5. The van der Waals surface area contributed by atoms with Crippen molar-refractivity contribution in [3.05, 3.63) is 34.7 Å². The van der Waals surface area contributed by atoms with E-state index in [4.69, 9.17) is 21.4 Å². The van der Waals surface area contributed by atoms with E-state index < -0.39 is 0 Å². The van der Waals surface area contributed by atoms with E-state index in [0.29, 0.717) is 17.4 Å². The maximum absolute atomic E-state index is 12.5. The van der Waals surface area contributed by atoms with Gasteiger partial charge in [-0.1, -0.05) is 0 Å². The Bertz CT molecular complexity index is 723. The lowest BCUT2D eigenvalue weighted by atomic mass is 10.1. The van der Waals surface area contributed by atoms with Crippen molar-refractivity contribution in [2.24, 2.45) is 5.92 Å². The van der Waals surface area contributed by atoms with Gasteiger partial charge in [0.2, 0.25) is 5.89 Å². The van der Waals surface area contributed by atoms with E-state index in [9.17, 15) is 4.79 Å². The summed E-state index contributed by atoms with van der Waals surface area (Å²) in [5, 5.41) is 6.55. The topological polar surface area (TPSA) is 71.4 Å². The van der Waals surface area contributed by atoms with Gasteiger partial charge in [-0.15, -0.1) is 5.10 Å². The monoisotopic (exact) mass is 333 g/mol. The quantitative estimate of drug-likeness (QED) is 0.852. The van der Waals surface area contributed by atoms with E-state index in [0.717, 1.165) is 38.3 Å². The highest BCUT2D eigenvalue weighted by Crippen LogP contribution is 2.21. The molecule has 6 nitrogen and oxygen atoms in total. The third kappa shape index (κ3) is 3.68. The molecule has 1 saturated heterocycles. The summed E-state index contributed by atoms with van der Waals surface area (Å²) < 4.78 is 10.7. The van der Waals surface area contributed by atoms with Crippen LogP contribution in [-0.4, -0.2) is 47.3 Å². The summed E-state index contributed by atoms with van der Waals surface area (Å²) in [6.45, 7) is 4.97. The molecular weight excluding hydrogens is 314 g/mol. The van der Waals surface area contributed by atoms with Crippen LogP contribution in [0.5, 0.6) is 0 Å². The normalized spacial score (nSPS) is 17.6. The van der Waals surface area contributed by atoms with Gasteiger partial charge in [0.05, 0.1) is 6.61 Å². The summed E-state index contributed by atoms with van der Waals surface area (Å²) in [4.78, 5) is 14.7. The van der Waals surface area contributed by atoms with Gasteiger partial charge in [-0.3, -0.25) is 4.79 Å². The fourth-order valence-electron chi connectivity index (χ4n) is 2.73. The number of hydrogen-bond acceptors (Lipinski definition) is 5. The highest BCUT2D eigenvalue weighted by atomic mass is 32.1. The lowest BCUT2D eigenvalue weighted by Gasteiger charge is -2.16. The second kappa shape index (κ2) is 7.06. The summed E-state index contributed by atoms with van der Waals surface area (Å²) >= 11 is 4.86. The Morgan fingerprint density at radius 2 is 2.26 bits per heavy atom. The molecule has 1 aromatic heterocycles. The smallest absolute Gasteiger partial charge is 0.284 e. The second-order valence-electron chi connectivity index (χ2n) is 5.56. The first-order chi connectivity index (χ1) is 11.2. The number of benzene rings is 1. The molecule has 1 aliphatic heterocycles. The Kier molecular flexibility index (Phi) is 4.88. The number of carbonyl (C=O) groups is 1. The number of likely N-dealkylation sites (tertiary alicyclic amines) is 1. The number of H-pyrrole nitrogens is 1. The molecule has 0 bridgehead atoms. The molecule has 1 fully saturated rings. The molecule has 7 heteroatoms. The summed E-state index contributed by atoms with van der Waals surface area (Å²) in [6, 6.07) is 7.21. The molecule has 1 atom stereocenters. The molecule has 0 unspecified atom stereocenters. The third-order valence-electron chi connectivity index (χ3n) is 3.95. The highest BCUT2D eigenvalue weighted by Gasteiger charge is 2.26. The van der Waals surface area contributed by atoms with Gasteiger partial charge in [-0.2, -0.15) is 0 Å². The SMILES string of the molecule is CCOC[C@@H]1CCN(C(=O)c2ccc(-c3n[nH]c(=S)o3)cc2)C1. The minimum absolute atomic E-state index is 0.0541. The fourth-order valence-corrected chi connectivity index (χ4v) is 2.85. The zero-order valence-electron chi connectivity index (χ0n) is 12.9. The van der Waals surface area contributed by atoms with Crippen molar-refractivity contribution in [3.63, 3.8) is 0 Å². The second-order valence-corrected chi connectivity index (χ2v) is 5.93. The zero-order valence-corrected chi connectivity index (χ0v) is 13.8. The molecule has 0 radical (unpaired) electrons. The maximum Gasteiger partial charge on any atom is 0.284 e. The lowest BCUT2D eigenvalue weighted by molar-refractivity contribution is 0.0763. The summed E-state index contributed by atoms with van der Waals surface area (Å²) in [5.41, 5.74) is 1.45. The minimum atomic E-state index is 0.0541. The predicted molar refractivity (Wildman–Crippen MR) is 87.6 cm³/mol. The van der Waals surface area contributed by atoms with Crippen LogP contribution in [0, 0.1) is 10.8 Å². The lowest BCUT2D eigenvalue weighted by Crippen LogP contribution is -2.29. The van der Waals surface area contributed by atoms with Crippen LogP contribution in [0.3, 0.4) is 0 Å². The van der Waals surface area contributed by atoms with Crippen molar-refractivity contribution >= 4 is 18.1 Å². The number of nitrogens with one attached hydrogen (secondary N) is 1. The standard InChI is InChI=1S/C16H19N3O3S/c1-2-21-10-11-7-8-19(9-11)15(20)13-5-3-12(4-6-13)14-17-18-16(23)22-14/h3-6,11H,2,7-10H2,1H3,(H,18,23)/t11-/m1/s1. The summed E-state index contributed by atoms with van der Waals surface area (Å²) in [6.07, 6.45) is 0.998. The number of aromatic nitrogens is 2. The van der Waals surface area contributed by atoms with E-state index in [1.165, 1.54) is 0 Å². The molecular formula is C16H19N3O3S. The van der Waals surface area contributed by atoms with Crippen molar-refractivity contribution in [2.75, 3.05) is 26.3 Å². The van der Waals surface area contributed by atoms with Crippen LogP contribution in [-0.2, 0) is 4.74 Å². The molecule has 2 heterocycles. The highest BCUT2D eigenvalue weighted by molar-refractivity contribution is 7.71. The molecule has 0 spiro atoms. The first-order valence-electron chi connectivity index (χ1n) is 7.70. The molecule has 1 N–H and O–H groups in total. The van der Waals surface area contributed by atoms with Gasteiger partial charge in [0.15, 0.2) is 0 Å². The van der Waals surface area contributed by atoms with Crippen molar-refractivity contribution in [3.8, 4) is 11.5 Å². The number of ether oxygens (including phenoxy) is 1. The molecule has 0 aliphatic carbocycles.